The topological polar surface area (TPSA) is 74.8 Å². The number of imide groups is 1. The molecule has 170 valence electrons. The zero-order valence-corrected chi connectivity index (χ0v) is 17.5. The first-order valence-corrected chi connectivity index (χ1v) is 10.4. The normalized spacial score (nSPS) is 21.6. The number of nitrogens with zero attached hydrogens (tertiary/aromatic N) is 3. The van der Waals surface area contributed by atoms with Crippen LogP contribution in [-0.4, -0.2) is 41.9 Å². The summed E-state index contributed by atoms with van der Waals surface area (Å²) < 4.78 is 40.9. The molecule has 3 heterocycles. The molecule has 32 heavy (non-hydrogen) atoms. The predicted octanol–water partition coefficient (Wildman–Crippen LogP) is 4.03. The minimum atomic E-state index is -4.82. The maximum Gasteiger partial charge on any atom is 0.573 e. The van der Waals surface area contributed by atoms with Crippen molar-refractivity contribution in [3.05, 3.63) is 48.2 Å². The second kappa shape index (κ2) is 8.33. The Labute approximate surface area is 183 Å². The zero-order chi connectivity index (χ0) is 22.9. The van der Waals surface area contributed by atoms with Gasteiger partial charge >= 0.3 is 12.4 Å². The first-order valence-electron chi connectivity index (χ1n) is 10.4. The van der Waals surface area contributed by atoms with E-state index in [1.807, 2.05) is 12.1 Å². The van der Waals surface area contributed by atoms with E-state index < -0.39 is 29.6 Å². The number of anilines is 2. The van der Waals surface area contributed by atoms with Crippen molar-refractivity contribution in [2.24, 2.45) is 0 Å². The van der Waals surface area contributed by atoms with Gasteiger partial charge in [0.1, 0.15) is 17.1 Å². The molecule has 1 aromatic heterocycles. The highest BCUT2D eigenvalue weighted by molar-refractivity contribution is 6.23. The summed E-state index contributed by atoms with van der Waals surface area (Å²) in [5.74, 6) is -0.0684. The zero-order valence-electron chi connectivity index (χ0n) is 17.5. The molecule has 0 radical (unpaired) electrons. The number of halogens is 3. The fourth-order valence-electron chi connectivity index (χ4n) is 4.11. The Balaban J connectivity index is 1.50. The van der Waals surface area contributed by atoms with Crippen LogP contribution in [0.5, 0.6) is 5.75 Å². The average Bonchev–Trinajstić information content (AvgIpc) is 2.96. The first kappa shape index (κ1) is 21.9. The van der Waals surface area contributed by atoms with E-state index in [2.05, 4.69) is 19.9 Å². The molecule has 1 unspecified atom stereocenters. The molecule has 7 nitrogen and oxygen atoms in total. The fraction of sp³-hybridized carbons (Fsp3) is 0.409. The highest BCUT2D eigenvalue weighted by Gasteiger charge is 2.48. The van der Waals surface area contributed by atoms with E-state index in [9.17, 15) is 22.8 Å². The van der Waals surface area contributed by atoms with Gasteiger partial charge in [-0.1, -0.05) is 0 Å². The van der Waals surface area contributed by atoms with E-state index in [0.29, 0.717) is 0 Å². The Hall–Kier alpha value is -3.30. The summed E-state index contributed by atoms with van der Waals surface area (Å²) in [7, 11) is 0. The van der Waals surface area contributed by atoms with E-state index in [1.54, 1.807) is 13.1 Å². The Morgan fingerprint density at radius 3 is 2.44 bits per heavy atom. The van der Waals surface area contributed by atoms with Crippen LogP contribution < -0.4 is 19.9 Å². The van der Waals surface area contributed by atoms with Crippen LogP contribution in [0, 0.1) is 0 Å². The maximum absolute atomic E-state index is 13.1. The average molecular weight is 448 g/mol. The largest absolute Gasteiger partial charge is 0.573 e. The number of carbonyl (C=O) groups is 2. The van der Waals surface area contributed by atoms with Gasteiger partial charge in [-0.25, -0.2) is 14.7 Å². The minimum absolute atomic E-state index is 0.162. The molecule has 1 atom stereocenters. The van der Waals surface area contributed by atoms with Crippen LogP contribution in [0.1, 0.15) is 31.7 Å². The fourth-order valence-corrected chi connectivity index (χ4v) is 4.11. The van der Waals surface area contributed by atoms with Gasteiger partial charge in [0.25, 0.3) is 5.91 Å². The molecule has 0 bridgehead atoms. The molecular weight excluding hydrogens is 425 g/mol. The van der Waals surface area contributed by atoms with Crippen LogP contribution in [0.15, 0.2) is 42.6 Å². The molecule has 1 aromatic carbocycles. The van der Waals surface area contributed by atoms with Gasteiger partial charge in [0.15, 0.2) is 0 Å². The SMILES string of the molecule is CC1(Cc2ccnc(N3CCCCC3)c2)NC(=O)N(c2ccc(OC(F)(F)F)cc2)C1=O. The van der Waals surface area contributed by atoms with Crippen LogP contribution in [0.25, 0.3) is 0 Å². The number of hydrogen-bond acceptors (Lipinski definition) is 5. The number of nitrogens with one attached hydrogen (secondary N) is 1. The number of piperidine rings is 1. The predicted molar refractivity (Wildman–Crippen MR) is 112 cm³/mol. The summed E-state index contributed by atoms with van der Waals surface area (Å²) in [5.41, 5.74) is -0.180. The van der Waals surface area contributed by atoms with Crippen LogP contribution in [0.3, 0.4) is 0 Å². The molecule has 2 aromatic rings. The molecule has 10 heteroatoms. The summed E-state index contributed by atoms with van der Waals surface area (Å²) in [6.45, 7) is 3.51. The number of pyridine rings is 1. The molecule has 1 N–H and O–H groups in total. The summed E-state index contributed by atoms with van der Waals surface area (Å²) in [6.07, 6.45) is 0.556. The van der Waals surface area contributed by atoms with Crippen LogP contribution in [0.2, 0.25) is 0 Å². The number of aromatic nitrogens is 1. The van der Waals surface area contributed by atoms with Crippen molar-refractivity contribution in [1.82, 2.24) is 10.3 Å². The molecule has 0 saturated carbocycles. The van der Waals surface area contributed by atoms with Crippen molar-refractivity contribution < 1.29 is 27.5 Å². The second-order valence-corrected chi connectivity index (χ2v) is 8.19. The third kappa shape index (κ3) is 4.63. The lowest BCUT2D eigenvalue weighted by Gasteiger charge is -2.28. The Kier molecular flexibility index (Phi) is 5.70. The van der Waals surface area contributed by atoms with Crippen molar-refractivity contribution >= 4 is 23.4 Å². The molecule has 0 aliphatic carbocycles. The summed E-state index contributed by atoms with van der Waals surface area (Å²) in [4.78, 5) is 33.3. The molecule has 2 saturated heterocycles. The van der Waals surface area contributed by atoms with Gasteiger partial charge in [-0.2, -0.15) is 0 Å². The number of urea groups is 1. The third-order valence-electron chi connectivity index (χ3n) is 5.64. The van der Waals surface area contributed by atoms with Crippen LogP contribution in [0.4, 0.5) is 29.5 Å². The Bertz CT molecular complexity index is 1010. The lowest BCUT2D eigenvalue weighted by Crippen LogP contribution is -2.46. The minimum Gasteiger partial charge on any atom is -0.406 e. The smallest absolute Gasteiger partial charge is 0.406 e. The lowest BCUT2D eigenvalue weighted by molar-refractivity contribution is -0.274. The number of ether oxygens (including phenoxy) is 1. The number of benzene rings is 1. The monoisotopic (exact) mass is 448 g/mol. The first-order chi connectivity index (χ1) is 15.1. The number of alkyl halides is 3. The number of amides is 3. The summed E-state index contributed by atoms with van der Waals surface area (Å²) in [5, 5.41) is 2.72. The Morgan fingerprint density at radius 1 is 1.09 bits per heavy atom. The maximum atomic E-state index is 13.1. The van der Waals surface area contributed by atoms with Gasteiger partial charge in [0, 0.05) is 25.7 Å². The highest BCUT2D eigenvalue weighted by atomic mass is 19.4. The lowest BCUT2D eigenvalue weighted by atomic mass is 9.93. The molecule has 2 aliphatic rings. The highest BCUT2D eigenvalue weighted by Crippen LogP contribution is 2.31. The molecule has 0 spiro atoms. The van der Waals surface area contributed by atoms with Crippen LogP contribution in [-0.2, 0) is 11.2 Å². The summed E-state index contributed by atoms with van der Waals surface area (Å²) in [6, 6.07) is 7.72. The van der Waals surface area contributed by atoms with Gasteiger partial charge in [-0.05, 0) is 68.1 Å². The number of hydrogen-bond donors (Lipinski definition) is 1. The van der Waals surface area contributed by atoms with Gasteiger partial charge < -0.3 is 15.0 Å². The number of carbonyl (C=O) groups excluding carboxylic acids is 2. The van der Waals surface area contributed by atoms with Crippen molar-refractivity contribution in [1.29, 1.82) is 0 Å². The molecule has 4 rings (SSSR count). The van der Waals surface area contributed by atoms with Gasteiger partial charge in [0.05, 0.1) is 5.69 Å². The quantitative estimate of drug-likeness (QED) is 0.700. The van der Waals surface area contributed by atoms with E-state index >= 15 is 0 Å². The van der Waals surface area contributed by atoms with Gasteiger partial charge in [-0.15, -0.1) is 13.2 Å². The van der Waals surface area contributed by atoms with Crippen molar-refractivity contribution in [3.8, 4) is 5.75 Å². The summed E-state index contributed by atoms with van der Waals surface area (Å²) >= 11 is 0. The van der Waals surface area contributed by atoms with E-state index in [1.165, 1.54) is 18.6 Å². The molecule has 2 aliphatic heterocycles. The van der Waals surface area contributed by atoms with Crippen molar-refractivity contribution in [3.63, 3.8) is 0 Å². The third-order valence-corrected chi connectivity index (χ3v) is 5.64. The molecular formula is C22H23F3N4O3. The van der Waals surface area contributed by atoms with E-state index in [0.717, 1.165) is 54.3 Å². The second-order valence-electron chi connectivity index (χ2n) is 8.19. The van der Waals surface area contributed by atoms with E-state index in [-0.39, 0.29) is 12.1 Å². The number of rotatable bonds is 5. The van der Waals surface area contributed by atoms with Crippen LogP contribution >= 0.6 is 0 Å². The molecule has 3 amide bonds. The standard InChI is InChI=1S/C22H23F3N4O3/c1-21(14-15-9-10-26-18(13-15)28-11-3-2-4-12-28)19(30)29(20(31)27-21)16-5-7-17(8-6-16)32-22(23,24)25/h5-10,13H,2-4,11-12,14H2,1H3,(H,27,31). The Morgan fingerprint density at radius 2 is 1.78 bits per heavy atom. The van der Waals surface area contributed by atoms with Gasteiger partial charge in [-0.3, -0.25) is 4.79 Å². The van der Waals surface area contributed by atoms with Crippen molar-refractivity contribution in [2.45, 2.75) is 44.5 Å². The van der Waals surface area contributed by atoms with Crippen molar-refractivity contribution in [2.75, 3.05) is 22.9 Å². The molecule has 2 fully saturated rings. The van der Waals surface area contributed by atoms with E-state index in [4.69, 9.17) is 0 Å². The van der Waals surface area contributed by atoms with Gasteiger partial charge in [0.2, 0.25) is 0 Å².